The second-order valence-electron chi connectivity index (χ2n) is 3.41. The van der Waals surface area contributed by atoms with E-state index < -0.39 is 0 Å². The highest BCUT2D eigenvalue weighted by Gasteiger charge is 2.10. The highest BCUT2D eigenvalue weighted by Crippen LogP contribution is 2.29. The smallest absolute Gasteiger partial charge is 0.0602 e. The fourth-order valence-electron chi connectivity index (χ4n) is 1.42. The maximum Gasteiger partial charge on any atom is 0.0602 e. The van der Waals surface area contributed by atoms with Crippen molar-refractivity contribution in [1.29, 1.82) is 0 Å². The molecule has 0 amide bonds. The Morgan fingerprint density at radius 2 is 2.12 bits per heavy atom. The van der Waals surface area contributed by atoms with E-state index in [9.17, 15) is 5.11 Å². The molecule has 0 aliphatic heterocycles. The molecule has 2 rings (SSSR count). The Labute approximate surface area is 103 Å². The monoisotopic (exact) mass is 251 g/mol. The van der Waals surface area contributed by atoms with E-state index in [2.05, 4.69) is 16.4 Å². The van der Waals surface area contributed by atoms with Gasteiger partial charge in [-0.3, -0.25) is 4.98 Å². The van der Waals surface area contributed by atoms with Gasteiger partial charge in [-0.05, 0) is 35.6 Å². The summed E-state index contributed by atoms with van der Waals surface area (Å²) in [6.07, 6.45) is 4.46. The van der Waals surface area contributed by atoms with Crippen molar-refractivity contribution in [1.82, 2.24) is 4.98 Å². The van der Waals surface area contributed by atoms with E-state index in [1.54, 1.807) is 35.5 Å². The number of aromatic nitrogens is 1. The highest BCUT2D eigenvalue weighted by molar-refractivity contribution is 8.01. The third-order valence-electron chi connectivity index (χ3n) is 2.19. The molecule has 2 aromatic heterocycles. The van der Waals surface area contributed by atoms with E-state index >= 15 is 0 Å². The molecular weight excluding hydrogens is 238 g/mol. The molecule has 16 heavy (non-hydrogen) atoms. The van der Waals surface area contributed by atoms with Gasteiger partial charge in [0, 0.05) is 17.6 Å². The number of aliphatic hydroxyl groups is 1. The third kappa shape index (κ3) is 3.33. The van der Waals surface area contributed by atoms with Crippen LogP contribution in [-0.4, -0.2) is 21.9 Å². The van der Waals surface area contributed by atoms with Gasteiger partial charge in [-0.15, -0.1) is 23.1 Å². The number of thiophene rings is 1. The van der Waals surface area contributed by atoms with Crippen LogP contribution in [0.1, 0.15) is 5.56 Å². The molecule has 1 N–H and O–H groups in total. The zero-order chi connectivity index (χ0) is 11.2. The standard InChI is InChI=1S/C12H13NOS2/c14-9-11(16-12-2-1-7-15-12)8-10-3-5-13-6-4-10/h1-7,11,14H,8-9H2. The van der Waals surface area contributed by atoms with E-state index in [1.807, 2.05) is 18.2 Å². The van der Waals surface area contributed by atoms with Gasteiger partial charge in [-0.2, -0.15) is 0 Å². The number of nitrogens with zero attached hydrogens (tertiary/aromatic N) is 1. The quantitative estimate of drug-likeness (QED) is 0.830. The van der Waals surface area contributed by atoms with E-state index in [4.69, 9.17) is 0 Å². The summed E-state index contributed by atoms with van der Waals surface area (Å²) >= 11 is 3.46. The molecule has 0 fully saturated rings. The molecule has 0 aromatic carbocycles. The SMILES string of the molecule is OCC(Cc1ccncc1)Sc1cccs1. The van der Waals surface area contributed by atoms with Crippen LogP contribution in [0.3, 0.4) is 0 Å². The van der Waals surface area contributed by atoms with E-state index in [1.165, 1.54) is 9.77 Å². The van der Waals surface area contributed by atoms with Crippen LogP contribution >= 0.6 is 23.1 Å². The van der Waals surface area contributed by atoms with Crippen molar-refractivity contribution < 1.29 is 5.11 Å². The van der Waals surface area contributed by atoms with Gasteiger partial charge in [0.2, 0.25) is 0 Å². The average Bonchev–Trinajstić information content (AvgIpc) is 2.82. The fourth-order valence-corrected chi connectivity index (χ4v) is 3.50. The Balaban J connectivity index is 1.96. The van der Waals surface area contributed by atoms with Gasteiger partial charge in [-0.25, -0.2) is 0 Å². The number of hydrogen-bond donors (Lipinski definition) is 1. The van der Waals surface area contributed by atoms with Crippen LogP contribution in [0.15, 0.2) is 46.2 Å². The second-order valence-corrected chi connectivity index (χ2v) is 5.96. The molecule has 0 aliphatic carbocycles. The van der Waals surface area contributed by atoms with Gasteiger partial charge in [-0.1, -0.05) is 6.07 Å². The van der Waals surface area contributed by atoms with Crippen molar-refractivity contribution in [3.05, 3.63) is 47.6 Å². The Kier molecular flexibility index (Phi) is 4.39. The molecular formula is C12H13NOS2. The summed E-state index contributed by atoms with van der Waals surface area (Å²) in [5.41, 5.74) is 1.22. The summed E-state index contributed by atoms with van der Waals surface area (Å²) in [5, 5.41) is 11.6. The lowest BCUT2D eigenvalue weighted by Crippen LogP contribution is -2.11. The molecule has 0 saturated heterocycles. The zero-order valence-corrected chi connectivity index (χ0v) is 10.4. The molecule has 2 nitrogen and oxygen atoms in total. The van der Waals surface area contributed by atoms with Crippen LogP contribution in [0.2, 0.25) is 0 Å². The number of hydrogen-bond acceptors (Lipinski definition) is 4. The minimum Gasteiger partial charge on any atom is -0.395 e. The van der Waals surface area contributed by atoms with Crippen LogP contribution in [-0.2, 0) is 6.42 Å². The molecule has 0 saturated carbocycles. The minimum absolute atomic E-state index is 0.199. The number of rotatable bonds is 5. The molecule has 2 aromatic rings. The van der Waals surface area contributed by atoms with E-state index in [0.29, 0.717) is 0 Å². The van der Waals surface area contributed by atoms with Gasteiger partial charge in [0.15, 0.2) is 0 Å². The molecule has 0 radical (unpaired) electrons. The maximum atomic E-state index is 9.35. The third-order valence-corrected chi connectivity index (χ3v) is 4.45. The average molecular weight is 251 g/mol. The predicted molar refractivity (Wildman–Crippen MR) is 69.0 cm³/mol. The lowest BCUT2D eigenvalue weighted by Gasteiger charge is -2.12. The number of aliphatic hydroxyl groups excluding tert-OH is 1. The predicted octanol–water partition coefficient (Wildman–Crippen LogP) is 2.84. The molecule has 84 valence electrons. The molecule has 2 heterocycles. The van der Waals surface area contributed by atoms with Crippen molar-refractivity contribution in [2.75, 3.05) is 6.61 Å². The van der Waals surface area contributed by atoms with E-state index in [0.717, 1.165) is 6.42 Å². The van der Waals surface area contributed by atoms with Crippen molar-refractivity contribution in [2.45, 2.75) is 15.9 Å². The van der Waals surface area contributed by atoms with Crippen molar-refractivity contribution >= 4 is 23.1 Å². The topological polar surface area (TPSA) is 33.1 Å². The lowest BCUT2D eigenvalue weighted by atomic mass is 10.1. The summed E-state index contributed by atoms with van der Waals surface area (Å²) in [4.78, 5) is 3.99. The highest BCUT2D eigenvalue weighted by atomic mass is 32.2. The Morgan fingerprint density at radius 3 is 2.75 bits per heavy atom. The molecule has 1 atom stereocenters. The normalized spacial score (nSPS) is 12.6. The summed E-state index contributed by atoms with van der Waals surface area (Å²) in [7, 11) is 0. The minimum atomic E-state index is 0.199. The second kappa shape index (κ2) is 6.03. The Bertz CT molecular complexity index is 402. The van der Waals surface area contributed by atoms with Crippen molar-refractivity contribution in [3.8, 4) is 0 Å². The first-order valence-corrected chi connectivity index (χ1v) is 6.84. The number of pyridine rings is 1. The van der Waals surface area contributed by atoms with Gasteiger partial charge >= 0.3 is 0 Å². The van der Waals surface area contributed by atoms with Gasteiger partial charge in [0.25, 0.3) is 0 Å². The maximum absolute atomic E-state index is 9.35. The van der Waals surface area contributed by atoms with Crippen LogP contribution in [0.5, 0.6) is 0 Å². The summed E-state index contributed by atoms with van der Waals surface area (Å²) in [5.74, 6) is 0. The molecule has 0 bridgehead atoms. The molecule has 0 spiro atoms. The van der Waals surface area contributed by atoms with Gasteiger partial charge < -0.3 is 5.11 Å². The van der Waals surface area contributed by atoms with Crippen molar-refractivity contribution in [3.63, 3.8) is 0 Å². The van der Waals surface area contributed by atoms with Crippen LogP contribution < -0.4 is 0 Å². The first-order chi connectivity index (χ1) is 7.88. The largest absolute Gasteiger partial charge is 0.395 e. The summed E-state index contributed by atoms with van der Waals surface area (Å²) in [6, 6.07) is 8.12. The van der Waals surface area contributed by atoms with Gasteiger partial charge in [0.1, 0.15) is 0 Å². The van der Waals surface area contributed by atoms with Crippen LogP contribution in [0, 0.1) is 0 Å². The number of thioether (sulfide) groups is 1. The van der Waals surface area contributed by atoms with Gasteiger partial charge in [0.05, 0.1) is 10.8 Å². The Hall–Kier alpha value is -0.840. The fraction of sp³-hybridized carbons (Fsp3) is 0.250. The first kappa shape index (κ1) is 11.6. The first-order valence-electron chi connectivity index (χ1n) is 5.08. The van der Waals surface area contributed by atoms with E-state index in [-0.39, 0.29) is 11.9 Å². The van der Waals surface area contributed by atoms with Crippen LogP contribution in [0.4, 0.5) is 0 Å². The molecule has 4 heteroatoms. The summed E-state index contributed by atoms with van der Waals surface area (Å²) in [6.45, 7) is 0.199. The molecule has 1 unspecified atom stereocenters. The van der Waals surface area contributed by atoms with Crippen LogP contribution in [0.25, 0.3) is 0 Å². The zero-order valence-electron chi connectivity index (χ0n) is 8.74. The van der Waals surface area contributed by atoms with Crippen molar-refractivity contribution in [2.24, 2.45) is 0 Å². The Morgan fingerprint density at radius 1 is 1.31 bits per heavy atom. The molecule has 0 aliphatic rings. The lowest BCUT2D eigenvalue weighted by molar-refractivity contribution is 0.294. The summed E-state index contributed by atoms with van der Waals surface area (Å²) < 4.78 is 1.26.